The van der Waals surface area contributed by atoms with E-state index in [0.29, 0.717) is 0 Å². The van der Waals surface area contributed by atoms with E-state index in [1.807, 2.05) is 11.8 Å². The summed E-state index contributed by atoms with van der Waals surface area (Å²) in [4.78, 5) is 38.0. The molecule has 1 aliphatic heterocycles. The summed E-state index contributed by atoms with van der Waals surface area (Å²) in [6.07, 6.45) is 1.35. The van der Waals surface area contributed by atoms with Crippen LogP contribution in [0.5, 0.6) is 0 Å². The van der Waals surface area contributed by atoms with E-state index in [9.17, 15) is 14.4 Å². The van der Waals surface area contributed by atoms with E-state index in [1.54, 1.807) is 4.90 Å². The lowest BCUT2D eigenvalue weighted by Gasteiger charge is -2.26. The molecule has 0 saturated carbocycles. The first-order chi connectivity index (χ1) is 8.16. The van der Waals surface area contributed by atoms with Crippen molar-refractivity contribution in [2.45, 2.75) is 6.54 Å². The van der Waals surface area contributed by atoms with Gasteiger partial charge in [0.25, 0.3) is 5.56 Å². The monoisotopic (exact) mass is 255 g/mol. The molecule has 7 heteroatoms. The lowest BCUT2D eigenvalue weighted by atomic mass is 10.4. The van der Waals surface area contributed by atoms with E-state index in [1.165, 1.54) is 16.8 Å². The smallest absolute Gasteiger partial charge is 0.328 e. The molecule has 0 atom stereocenters. The van der Waals surface area contributed by atoms with E-state index in [-0.39, 0.29) is 12.5 Å². The van der Waals surface area contributed by atoms with E-state index in [0.717, 1.165) is 24.6 Å². The fraction of sp³-hybridized carbons (Fsp3) is 0.500. The summed E-state index contributed by atoms with van der Waals surface area (Å²) in [6, 6.07) is 1.24. The summed E-state index contributed by atoms with van der Waals surface area (Å²) < 4.78 is 1.21. The molecule has 0 radical (unpaired) electrons. The highest BCUT2D eigenvalue weighted by Gasteiger charge is 2.17. The quantitative estimate of drug-likeness (QED) is 0.744. The lowest BCUT2D eigenvalue weighted by molar-refractivity contribution is -0.131. The average Bonchev–Trinajstić information content (AvgIpc) is 2.34. The molecule has 1 aromatic rings. The van der Waals surface area contributed by atoms with E-state index < -0.39 is 11.2 Å². The van der Waals surface area contributed by atoms with Crippen molar-refractivity contribution < 1.29 is 4.79 Å². The Balaban J connectivity index is 2.07. The van der Waals surface area contributed by atoms with Crippen molar-refractivity contribution in [3.8, 4) is 0 Å². The first kappa shape index (κ1) is 12.0. The molecule has 0 unspecified atom stereocenters. The van der Waals surface area contributed by atoms with Gasteiger partial charge in [-0.1, -0.05) is 0 Å². The third kappa shape index (κ3) is 3.00. The Kier molecular flexibility index (Phi) is 3.68. The zero-order valence-corrected chi connectivity index (χ0v) is 10.0. The van der Waals surface area contributed by atoms with Gasteiger partial charge in [0.05, 0.1) is 0 Å². The Labute approximate surface area is 102 Å². The number of hydrogen-bond donors (Lipinski definition) is 1. The number of carbonyl (C=O) groups is 1. The van der Waals surface area contributed by atoms with Crippen molar-refractivity contribution >= 4 is 17.7 Å². The fourth-order valence-electron chi connectivity index (χ4n) is 1.63. The number of rotatable bonds is 2. The number of amides is 1. The molecular formula is C10H13N3O3S. The van der Waals surface area contributed by atoms with Crippen molar-refractivity contribution in [3.05, 3.63) is 33.1 Å². The molecule has 2 heterocycles. The van der Waals surface area contributed by atoms with Crippen LogP contribution in [0.1, 0.15) is 0 Å². The largest absolute Gasteiger partial charge is 0.339 e. The van der Waals surface area contributed by atoms with Gasteiger partial charge in [0.2, 0.25) is 5.91 Å². The van der Waals surface area contributed by atoms with Gasteiger partial charge in [-0.15, -0.1) is 0 Å². The zero-order chi connectivity index (χ0) is 12.3. The number of nitrogens with zero attached hydrogens (tertiary/aromatic N) is 2. The molecule has 1 aromatic heterocycles. The average molecular weight is 255 g/mol. The Morgan fingerprint density at radius 3 is 2.71 bits per heavy atom. The molecule has 0 spiro atoms. The van der Waals surface area contributed by atoms with Crippen LogP contribution in [0.3, 0.4) is 0 Å². The minimum absolute atomic E-state index is 0.0136. The van der Waals surface area contributed by atoms with Gasteiger partial charge in [-0.2, -0.15) is 11.8 Å². The van der Waals surface area contributed by atoms with Gasteiger partial charge in [0.15, 0.2) is 0 Å². The normalized spacial score (nSPS) is 15.9. The van der Waals surface area contributed by atoms with Crippen molar-refractivity contribution in [2.75, 3.05) is 24.6 Å². The second-order valence-corrected chi connectivity index (χ2v) is 4.96. The van der Waals surface area contributed by atoms with Gasteiger partial charge in [-0.05, 0) is 0 Å². The number of carbonyl (C=O) groups excluding carboxylic acids is 1. The van der Waals surface area contributed by atoms with Crippen molar-refractivity contribution in [1.29, 1.82) is 0 Å². The van der Waals surface area contributed by atoms with Crippen LogP contribution < -0.4 is 11.2 Å². The van der Waals surface area contributed by atoms with E-state index in [2.05, 4.69) is 4.98 Å². The molecule has 1 fully saturated rings. The van der Waals surface area contributed by atoms with Gasteiger partial charge in [0.1, 0.15) is 6.54 Å². The maximum atomic E-state index is 11.9. The van der Waals surface area contributed by atoms with Crippen LogP contribution in [0, 0.1) is 0 Å². The Morgan fingerprint density at radius 2 is 2.06 bits per heavy atom. The molecule has 6 nitrogen and oxygen atoms in total. The Hall–Kier alpha value is -1.50. The second-order valence-electron chi connectivity index (χ2n) is 3.73. The molecule has 1 saturated heterocycles. The lowest BCUT2D eigenvalue weighted by Crippen LogP contribution is -2.42. The number of thioether (sulfide) groups is 1. The number of H-pyrrole nitrogens is 1. The maximum Gasteiger partial charge on any atom is 0.328 e. The van der Waals surface area contributed by atoms with E-state index in [4.69, 9.17) is 0 Å². The Bertz CT molecular complexity index is 516. The molecule has 2 rings (SSSR count). The Morgan fingerprint density at radius 1 is 1.35 bits per heavy atom. The second kappa shape index (κ2) is 5.22. The summed E-state index contributed by atoms with van der Waals surface area (Å²) in [5.41, 5.74) is -0.995. The molecule has 17 heavy (non-hydrogen) atoms. The minimum atomic E-state index is -0.544. The van der Waals surface area contributed by atoms with Crippen molar-refractivity contribution in [3.63, 3.8) is 0 Å². The van der Waals surface area contributed by atoms with Crippen molar-refractivity contribution in [1.82, 2.24) is 14.5 Å². The molecule has 1 N–H and O–H groups in total. The standard InChI is InChI=1S/C10H13N3O3S/c14-8-1-2-13(10(16)11-8)7-9(15)12-3-5-17-6-4-12/h1-2H,3-7H2,(H,11,14,16). The molecule has 92 valence electrons. The van der Waals surface area contributed by atoms with Crippen LogP contribution in [-0.2, 0) is 11.3 Å². The first-order valence-corrected chi connectivity index (χ1v) is 6.47. The number of aromatic amines is 1. The number of nitrogens with one attached hydrogen (secondary N) is 1. The summed E-state index contributed by atoms with van der Waals surface area (Å²) in [6.45, 7) is 1.43. The molecular weight excluding hydrogens is 242 g/mol. The molecule has 0 aliphatic carbocycles. The number of aromatic nitrogens is 2. The summed E-state index contributed by atoms with van der Waals surface area (Å²) in [5, 5.41) is 0. The third-order valence-electron chi connectivity index (χ3n) is 2.57. The van der Waals surface area contributed by atoms with Gasteiger partial charge in [0, 0.05) is 36.9 Å². The van der Waals surface area contributed by atoms with Crippen LogP contribution in [0.2, 0.25) is 0 Å². The minimum Gasteiger partial charge on any atom is -0.339 e. The zero-order valence-electron chi connectivity index (χ0n) is 9.22. The molecule has 0 aromatic carbocycles. The first-order valence-electron chi connectivity index (χ1n) is 5.32. The highest BCUT2D eigenvalue weighted by atomic mass is 32.2. The third-order valence-corrected chi connectivity index (χ3v) is 3.51. The number of hydrogen-bond acceptors (Lipinski definition) is 4. The predicted octanol–water partition coefficient (Wildman–Crippen LogP) is -0.888. The maximum absolute atomic E-state index is 11.9. The highest BCUT2D eigenvalue weighted by molar-refractivity contribution is 7.99. The van der Waals surface area contributed by atoms with E-state index >= 15 is 0 Å². The van der Waals surface area contributed by atoms with Crippen LogP contribution in [0.15, 0.2) is 21.9 Å². The summed E-state index contributed by atoms with van der Waals surface area (Å²) in [5.74, 6) is 1.79. The fourth-order valence-corrected chi connectivity index (χ4v) is 2.53. The summed E-state index contributed by atoms with van der Waals surface area (Å²) >= 11 is 1.82. The van der Waals surface area contributed by atoms with Crippen LogP contribution >= 0.6 is 11.8 Å². The highest BCUT2D eigenvalue weighted by Crippen LogP contribution is 2.09. The SMILES string of the molecule is O=C(Cn1ccc(=O)[nH]c1=O)N1CCSCC1. The van der Waals surface area contributed by atoms with Crippen LogP contribution in [0.25, 0.3) is 0 Å². The van der Waals surface area contributed by atoms with Crippen molar-refractivity contribution in [2.24, 2.45) is 0 Å². The van der Waals surface area contributed by atoms with Gasteiger partial charge >= 0.3 is 5.69 Å². The van der Waals surface area contributed by atoms with Crippen LogP contribution in [0.4, 0.5) is 0 Å². The predicted molar refractivity (Wildman–Crippen MR) is 65.2 cm³/mol. The van der Waals surface area contributed by atoms with Gasteiger partial charge in [-0.3, -0.25) is 19.1 Å². The van der Waals surface area contributed by atoms with Gasteiger partial charge < -0.3 is 4.90 Å². The molecule has 0 bridgehead atoms. The topological polar surface area (TPSA) is 75.2 Å². The summed E-state index contributed by atoms with van der Waals surface area (Å²) in [7, 11) is 0. The van der Waals surface area contributed by atoms with Gasteiger partial charge in [-0.25, -0.2) is 4.79 Å². The molecule has 1 amide bonds. The van der Waals surface area contributed by atoms with Crippen LogP contribution in [-0.4, -0.2) is 45.0 Å². The molecule has 1 aliphatic rings.